The Morgan fingerprint density at radius 2 is 0.939 bits per heavy atom. The lowest BCUT2D eigenvalue weighted by Gasteiger charge is -2.56. The van der Waals surface area contributed by atoms with E-state index in [1.807, 2.05) is 0 Å². The van der Waals surface area contributed by atoms with E-state index in [2.05, 4.69) is 252 Å². The van der Waals surface area contributed by atoms with Crippen molar-refractivity contribution in [2.24, 2.45) is 0 Å². The average molecular weight is 856 g/mol. The van der Waals surface area contributed by atoms with Gasteiger partial charge in [0.2, 0.25) is 0 Å². The van der Waals surface area contributed by atoms with Crippen molar-refractivity contribution in [3.8, 4) is 22.3 Å². The summed E-state index contributed by atoms with van der Waals surface area (Å²) in [5, 5.41) is 0. The predicted molar refractivity (Wildman–Crippen MR) is 282 cm³/mol. The summed E-state index contributed by atoms with van der Waals surface area (Å²) in [5.74, 6) is 0. The van der Waals surface area contributed by atoms with E-state index in [4.69, 9.17) is 0 Å². The van der Waals surface area contributed by atoms with E-state index < -0.39 is 0 Å². The van der Waals surface area contributed by atoms with Gasteiger partial charge in [-0.25, -0.2) is 0 Å². The van der Waals surface area contributed by atoms with Crippen LogP contribution in [0.5, 0.6) is 0 Å². The van der Waals surface area contributed by atoms with Gasteiger partial charge >= 0.3 is 0 Å². The van der Waals surface area contributed by atoms with Gasteiger partial charge in [-0.2, -0.15) is 0 Å². The Bertz CT molecular complexity index is 3230. The Hall–Kier alpha value is -6.78. The number of hydrogen-bond acceptors (Lipinski definition) is 3. The van der Waals surface area contributed by atoms with Crippen LogP contribution in [-0.4, -0.2) is 12.3 Å². The maximum absolute atomic E-state index is 2.73. The predicted octanol–water partition coefficient (Wildman–Crippen LogP) is 14.7. The van der Waals surface area contributed by atoms with Gasteiger partial charge in [-0.1, -0.05) is 176 Å². The second kappa shape index (κ2) is 14.4. The third kappa shape index (κ3) is 5.96. The molecule has 0 spiro atoms. The molecule has 324 valence electrons. The zero-order valence-electron chi connectivity index (χ0n) is 39.7. The summed E-state index contributed by atoms with van der Waals surface area (Å²) >= 11 is 0. The van der Waals surface area contributed by atoms with Gasteiger partial charge in [-0.05, 0) is 141 Å². The van der Waals surface area contributed by atoms with E-state index in [-0.39, 0.29) is 28.5 Å². The molecule has 4 heteroatoms. The summed E-state index contributed by atoms with van der Waals surface area (Å²) in [4.78, 5) is 7.97. The monoisotopic (exact) mass is 855 g/mol. The Morgan fingerprint density at radius 3 is 1.56 bits per heavy atom. The Morgan fingerprint density at radius 1 is 0.409 bits per heavy atom. The molecule has 0 amide bonds. The first-order chi connectivity index (χ1) is 31.7. The van der Waals surface area contributed by atoms with Gasteiger partial charge in [0.25, 0.3) is 6.71 Å². The van der Waals surface area contributed by atoms with Crippen molar-refractivity contribution in [1.29, 1.82) is 0 Å². The fourth-order valence-corrected chi connectivity index (χ4v) is 12.0. The van der Waals surface area contributed by atoms with Crippen molar-refractivity contribution in [2.75, 3.05) is 14.7 Å². The largest absolute Gasteiger partial charge is 0.334 e. The molecule has 3 aliphatic heterocycles. The molecule has 0 saturated heterocycles. The smallest absolute Gasteiger partial charge is 0.252 e. The first kappa shape index (κ1) is 40.7. The van der Waals surface area contributed by atoms with Gasteiger partial charge in [0.15, 0.2) is 0 Å². The van der Waals surface area contributed by atoms with Crippen molar-refractivity contribution in [3.63, 3.8) is 0 Å². The molecular weight excluding hydrogens is 798 g/mol. The van der Waals surface area contributed by atoms with Crippen LogP contribution in [-0.2, 0) is 16.2 Å². The van der Waals surface area contributed by atoms with Crippen LogP contribution in [0.3, 0.4) is 0 Å². The minimum atomic E-state index is -0.0783. The first-order valence-corrected chi connectivity index (χ1v) is 24.0. The molecule has 2 atom stereocenters. The van der Waals surface area contributed by atoms with Crippen LogP contribution >= 0.6 is 0 Å². The molecule has 0 radical (unpaired) electrons. The molecule has 8 aromatic rings. The van der Waals surface area contributed by atoms with Crippen LogP contribution in [0.4, 0.5) is 45.5 Å². The summed E-state index contributed by atoms with van der Waals surface area (Å²) in [7, 11) is 0. The molecule has 3 nitrogen and oxygen atoms in total. The van der Waals surface area contributed by atoms with E-state index in [1.165, 1.54) is 102 Å². The summed E-state index contributed by atoms with van der Waals surface area (Å²) in [6, 6.07) is 69.3. The average Bonchev–Trinajstić information content (AvgIpc) is 3.45. The van der Waals surface area contributed by atoms with Crippen molar-refractivity contribution >= 4 is 68.6 Å². The molecule has 3 heterocycles. The number of para-hydroxylation sites is 1. The highest BCUT2D eigenvalue weighted by atomic mass is 15.3. The van der Waals surface area contributed by atoms with Crippen molar-refractivity contribution in [3.05, 3.63) is 199 Å². The second-order valence-electron chi connectivity index (χ2n) is 21.8. The minimum absolute atomic E-state index is 0.00100. The molecule has 4 aliphatic rings. The highest BCUT2D eigenvalue weighted by molar-refractivity contribution is 7.00. The molecule has 12 rings (SSSR count). The highest BCUT2D eigenvalue weighted by Gasteiger charge is 2.63. The van der Waals surface area contributed by atoms with Gasteiger partial charge in [0.1, 0.15) is 0 Å². The SMILES string of the molecule is CC(C)(C)c1cccc(N2c3cc(C(C)(C)C)ccc3B3c4ccc(-c5ccccc5)cc4N(c4cccc(-c5ccccc5)c4)c4cc(N5c6ccccc6C6(C)CCC56C)cc2c43)c1. The molecule has 66 heavy (non-hydrogen) atoms. The minimum Gasteiger partial charge on any atom is -0.334 e. The Kier molecular flexibility index (Phi) is 8.86. The fraction of sp³-hybridized carbons (Fsp3) is 0.226. The maximum atomic E-state index is 2.73. The molecule has 0 N–H and O–H groups in total. The quantitative estimate of drug-likeness (QED) is 0.160. The topological polar surface area (TPSA) is 9.72 Å². The summed E-state index contributed by atoms with van der Waals surface area (Å²) in [6.45, 7) is 19.0. The molecule has 1 aliphatic carbocycles. The van der Waals surface area contributed by atoms with Gasteiger partial charge in [0, 0.05) is 50.9 Å². The molecule has 1 fully saturated rings. The number of benzene rings is 8. The number of anilines is 8. The maximum Gasteiger partial charge on any atom is 0.252 e. The van der Waals surface area contributed by atoms with Crippen LogP contribution in [0.2, 0.25) is 0 Å². The number of nitrogens with zero attached hydrogens (tertiary/aromatic N) is 3. The van der Waals surface area contributed by atoms with Crippen LogP contribution in [0.1, 0.15) is 84.9 Å². The molecular formula is C62H58BN3. The lowest BCUT2D eigenvalue weighted by Crippen LogP contribution is -2.62. The summed E-state index contributed by atoms with van der Waals surface area (Å²) < 4.78 is 0. The van der Waals surface area contributed by atoms with Gasteiger partial charge in [0.05, 0.1) is 5.54 Å². The number of hydrogen-bond donors (Lipinski definition) is 0. The second-order valence-corrected chi connectivity index (χ2v) is 21.8. The van der Waals surface area contributed by atoms with E-state index in [0.717, 1.165) is 12.1 Å². The van der Waals surface area contributed by atoms with Gasteiger partial charge in [-0.15, -0.1) is 0 Å². The van der Waals surface area contributed by atoms with E-state index in [0.29, 0.717) is 0 Å². The number of fused-ring (bicyclic) bond motifs is 7. The lowest BCUT2D eigenvalue weighted by atomic mass is 9.33. The molecule has 0 bridgehead atoms. The normalized spacial score (nSPS) is 19.1. The molecule has 8 aromatic carbocycles. The van der Waals surface area contributed by atoms with Gasteiger partial charge in [-0.3, -0.25) is 0 Å². The van der Waals surface area contributed by atoms with Gasteiger partial charge < -0.3 is 14.7 Å². The van der Waals surface area contributed by atoms with E-state index >= 15 is 0 Å². The molecule has 0 aromatic heterocycles. The highest BCUT2D eigenvalue weighted by Crippen LogP contribution is 2.65. The lowest BCUT2D eigenvalue weighted by molar-refractivity contribution is 0.133. The van der Waals surface area contributed by atoms with Crippen LogP contribution in [0.25, 0.3) is 22.3 Å². The molecule has 2 unspecified atom stereocenters. The van der Waals surface area contributed by atoms with E-state index in [9.17, 15) is 0 Å². The zero-order valence-corrected chi connectivity index (χ0v) is 39.7. The molecule has 1 saturated carbocycles. The summed E-state index contributed by atoms with van der Waals surface area (Å²) in [5.41, 5.74) is 22.7. The number of rotatable bonds is 5. The van der Waals surface area contributed by atoms with E-state index in [1.54, 1.807) is 0 Å². The third-order valence-electron chi connectivity index (χ3n) is 16.0. The van der Waals surface area contributed by atoms with Crippen molar-refractivity contribution in [1.82, 2.24) is 0 Å². The van der Waals surface area contributed by atoms with Crippen molar-refractivity contribution < 1.29 is 0 Å². The fourth-order valence-electron chi connectivity index (χ4n) is 12.0. The van der Waals surface area contributed by atoms with Crippen LogP contribution in [0, 0.1) is 0 Å². The Labute approximate surface area is 392 Å². The van der Waals surface area contributed by atoms with Crippen LogP contribution < -0.4 is 31.1 Å². The first-order valence-electron chi connectivity index (χ1n) is 24.0. The summed E-state index contributed by atoms with van der Waals surface area (Å²) in [6.07, 6.45) is 2.31. The zero-order chi connectivity index (χ0) is 45.3. The standard InChI is InChI=1S/C62H58BN3/c1-59(2,3)45-24-18-26-48(37-45)65-55-38-46(60(4,5)6)30-32-52(55)63-51-31-29-44(42-21-13-10-14-22-42)36-54(51)64(47-25-17-23-43(35-47)41-19-11-9-12-20-41)56-39-49(40-57(65)58(56)63)66-53-28-16-15-27-50(53)61(7)33-34-62(61,66)8/h9-32,35-40H,33-34H2,1-8H3. The third-order valence-corrected chi connectivity index (χ3v) is 16.0. The van der Waals surface area contributed by atoms with Crippen molar-refractivity contribution in [2.45, 2.75) is 90.0 Å². The Balaban J connectivity index is 1.21. The van der Waals surface area contributed by atoms with Crippen LogP contribution in [0.15, 0.2) is 182 Å².